The van der Waals surface area contributed by atoms with E-state index in [1.807, 2.05) is 12.1 Å². The summed E-state index contributed by atoms with van der Waals surface area (Å²) >= 11 is 0. The van der Waals surface area contributed by atoms with Gasteiger partial charge in [0.25, 0.3) is 0 Å². The van der Waals surface area contributed by atoms with Crippen molar-refractivity contribution in [3.8, 4) is 11.5 Å². The summed E-state index contributed by atoms with van der Waals surface area (Å²) in [4.78, 5) is 17.8. The van der Waals surface area contributed by atoms with Gasteiger partial charge in [-0.2, -0.15) is 0 Å². The molecule has 2 aromatic rings. The van der Waals surface area contributed by atoms with Crippen molar-refractivity contribution in [3.05, 3.63) is 59.7 Å². The Kier molecular flexibility index (Phi) is 5.61. The number of fused-ring (bicyclic) bond motifs is 4. The van der Waals surface area contributed by atoms with Crippen LogP contribution in [0.1, 0.15) is 36.8 Å². The molecule has 2 aromatic carbocycles. The van der Waals surface area contributed by atoms with Gasteiger partial charge in [-0.05, 0) is 61.3 Å². The van der Waals surface area contributed by atoms with E-state index in [9.17, 15) is 9.90 Å². The van der Waals surface area contributed by atoms with Crippen LogP contribution in [-0.4, -0.2) is 53.1 Å². The van der Waals surface area contributed by atoms with Gasteiger partial charge in [0.05, 0.1) is 7.11 Å². The Balaban J connectivity index is 1.41. The maximum atomic E-state index is 13.0. The summed E-state index contributed by atoms with van der Waals surface area (Å²) in [5.41, 5.74) is 2.34. The van der Waals surface area contributed by atoms with E-state index in [2.05, 4.69) is 40.1 Å². The summed E-state index contributed by atoms with van der Waals surface area (Å²) < 4.78 is 5.55. The van der Waals surface area contributed by atoms with Crippen molar-refractivity contribution in [1.82, 2.24) is 9.80 Å². The molecule has 0 radical (unpaired) electrons. The predicted molar refractivity (Wildman–Crippen MR) is 120 cm³/mol. The highest BCUT2D eigenvalue weighted by Crippen LogP contribution is 2.43. The standard InChI is InChI=1S/C26H32N2O3/c1-31-25-11-10-22(29)14-21(25)17-27-15-19-13-20(16-27)24(12-18-6-3-2-4-7-18)28-23(19)8-5-9-26(28)30/h2-4,6-7,10-11,14,19-20,23-24,29H,5,8-9,12-13,15-17H2,1H3/t19-,20+,23+,24+/m1/s1. The van der Waals surface area contributed by atoms with Gasteiger partial charge in [-0.3, -0.25) is 9.69 Å². The molecule has 3 heterocycles. The zero-order chi connectivity index (χ0) is 21.4. The summed E-state index contributed by atoms with van der Waals surface area (Å²) in [5.74, 6) is 2.46. The number of carbonyl (C=O) groups excluding carboxylic acids is 1. The van der Waals surface area contributed by atoms with Crippen LogP contribution in [-0.2, 0) is 17.8 Å². The molecule has 0 saturated carbocycles. The van der Waals surface area contributed by atoms with E-state index in [1.165, 1.54) is 12.0 Å². The molecular formula is C26H32N2O3. The van der Waals surface area contributed by atoms with Crippen molar-refractivity contribution in [3.63, 3.8) is 0 Å². The first-order valence-electron chi connectivity index (χ1n) is 11.6. The molecule has 5 rings (SSSR count). The number of phenols is 1. The van der Waals surface area contributed by atoms with E-state index in [0.717, 1.165) is 50.2 Å². The van der Waals surface area contributed by atoms with Crippen molar-refractivity contribution >= 4 is 5.91 Å². The van der Waals surface area contributed by atoms with Crippen LogP contribution in [0.3, 0.4) is 0 Å². The molecule has 31 heavy (non-hydrogen) atoms. The molecule has 2 bridgehead atoms. The third kappa shape index (κ3) is 4.03. The fraction of sp³-hybridized carbons (Fsp3) is 0.500. The van der Waals surface area contributed by atoms with Crippen molar-refractivity contribution < 1.29 is 14.6 Å². The van der Waals surface area contributed by atoms with Crippen LogP contribution in [0.15, 0.2) is 48.5 Å². The van der Waals surface area contributed by atoms with E-state index >= 15 is 0 Å². The molecule has 3 aliphatic heterocycles. The van der Waals surface area contributed by atoms with Gasteiger partial charge in [0, 0.05) is 43.7 Å². The summed E-state index contributed by atoms with van der Waals surface area (Å²) in [6, 6.07) is 16.6. The Bertz CT molecular complexity index is 932. The highest BCUT2D eigenvalue weighted by Gasteiger charge is 2.49. The van der Waals surface area contributed by atoms with Gasteiger partial charge in [0.2, 0.25) is 5.91 Å². The first-order chi connectivity index (χ1) is 15.1. The molecule has 1 N–H and O–H groups in total. The zero-order valence-corrected chi connectivity index (χ0v) is 18.2. The lowest BCUT2D eigenvalue weighted by atomic mass is 9.70. The van der Waals surface area contributed by atoms with Gasteiger partial charge in [-0.15, -0.1) is 0 Å². The second-order valence-electron chi connectivity index (χ2n) is 9.46. The van der Waals surface area contributed by atoms with E-state index in [1.54, 1.807) is 13.2 Å². The van der Waals surface area contributed by atoms with E-state index < -0.39 is 0 Å². The van der Waals surface area contributed by atoms with Gasteiger partial charge < -0.3 is 14.7 Å². The van der Waals surface area contributed by atoms with Gasteiger partial charge in [0.1, 0.15) is 11.5 Å². The van der Waals surface area contributed by atoms with E-state index in [4.69, 9.17) is 4.74 Å². The SMILES string of the molecule is COc1ccc(O)cc1CN1C[C@H]2C[C@@H](C1)[C@H](Cc1ccccc1)N1C(=O)CCC[C@@H]21. The number of rotatable bonds is 5. The van der Waals surface area contributed by atoms with Crippen LogP contribution in [0.4, 0.5) is 0 Å². The number of hydrogen-bond acceptors (Lipinski definition) is 4. The summed E-state index contributed by atoms with van der Waals surface area (Å²) in [7, 11) is 1.68. The summed E-state index contributed by atoms with van der Waals surface area (Å²) in [6.45, 7) is 2.74. The van der Waals surface area contributed by atoms with Gasteiger partial charge in [-0.25, -0.2) is 0 Å². The summed E-state index contributed by atoms with van der Waals surface area (Å²) in [5, 5.41) is 10.00. The lowest BCUT2D eigenvalue weighted by Gasteiger charge is -2.57. The Hall–Kier alpha value is -2.53. The minimum absolute atomic E-state index is 0.269. The first-order valence-corrected chi connectivity index (χ1v) is 11.6. The van der Waals surface area contributed by atoms with Crippen molar-refractivity contribution in [2.24, 2.45) is 11.8 Å². The van der Waals surface area contributed by atoms with Gasteiger partial charge in [0.15, 0.2) is 0 Å². The van der Waals surface area contributed by atoms with Crippen LogP contribution < -0.4 is 4.74 Å². The molecule has 5 heteroatoms. The number of aromatic hydroxyl groups is 1. The Labute approximate surface area is 184 Å². The summed E-state index contributed by atoms with van der Waals surface area (Å²) in [6.07, 6.45) is 4.98. The molecule has 1 amide bonds. The lowest BCUT2D eigenvalue weighted by molar-refractivity contribution is -0.152. The monoisotopic (exact) mass is 420 g/mol. The van der Waals surface area contributed by atoms with Crippen LogP contribution in [0, 0.1) is 11.8 Å². The lowest BCUT2D eigenvalue weighted by Crippen LogP contribution is -2.65. The van der Waals surface area contributed by atoms with Crippen LogP contribution in [0.25, 0.3) is 0 Å². The molecule has 3 aliphatic rings. The maximum Gasteiger partial charge on any atom is 0.223 e. The van der Waals surface area contributed by atoms with Crippen molar-refractivity contribution in [2.75, 3.05) is 20.2 Å². The fourth-order valence-electron chi connectivity index (χ4n) is 6.25. The van der Waals surface area contributed by atoms with E-state index in [-0.39, 0.29) is 11.8 Å². The minimum Gasteiger partial charge on any atom is -0.508 e. The first kappa shape index (κ1) is 20.4. The Morgan fingerprint density at radius 2 is 1.90 bits per heavy atom. The quantitative estimate of drug-likeness (QED) is 0.798. The molecule has 164 valence electrons. The molecule has 4 atom stereocenters. The molecule has 0 aliphatic carbocycles. The number of carbonyl (C=O) groups is 1. The highest BCUT2D eigenvalue weighted by molar-refractivity contribution is 5.78. The smallest absolute Gasteiger partial charge is 0.223 e. The molecule has 0 unspecified atom stereocenters. The van der Waals surface area contributed by atoms with Crippen LogP contribution >= 0.6 is 0 Å². The molecule has 0 spiro atoms. The maximum absolute atomic E-state index is 13.0. The number of piperidine rings is 3. The van der Waals surface area contributed by atoms with Gasteiger partial charge >= 0.3 is 0 Å². The fourth-order valence-corrected chi connectivity index (χ4v) is 6.25. The largest absolute Gasteiger partial charge is 0.508 e. The number of hydrogen-bond donors (Lipinski definition) is 1. The number of ether oxygens (including phenoxy) is 1. The molecular weight excluding hydrogens is 388 g/mol. The predicted octanol–water partition coefficient (Wildman–Crippen LogP) is 3.84. The average Bonchev–Trinajstić information content (AvgIpc) is 2.78. The third-order valence-electron chi connectivity index (χ3n) is 7.52. The number of methoxy groups -OCH3 is 1. The number of phenolic OH excluding ortho intramolecular Hbond substituents is 1. The van der Waals surface area contributed by atoms with Crippen LogP contribution in [0.2, 0.25) is 0 Å². The highest BCUT2D eigenvalue weighted by atomic mass is 16.5. The number of likely N-dealkylation sites (tertiary alicyclic amines) is 1. The third-order valence-corrected chi connectivity index (χ3v) is 7.52. The van der Waals surface area contributed by atoms with E-state index in [0.29, 0.717) is 30.2 Å². The van der Waals surface area contributed by atoms with Crippen molar-refractivity contribution in [1.29, 1.82) is 0 Å². The molecule has 3 fully saturated rings. The second-order valence-corrected chi connectivity index (χ2v) is 9.46. The Morgan fingerprint density at radius 1 is 1.10 bits per heavy atom. The normalized spacial score (nSPS) is 28.3. The number of nitrogens with zero attached hydrogens (tertiary/aromatic N) is 2. The topological polar surface area (TPSA) is 53.0 Å². The van der Waals surface area contributed by atoms with Gasteiger partial charge in [-0.1, -0.05) is 30.3 Å². The molecule has 0 aromatic heterocycles. The van der Waals surface area contributed by atoms with Crippen LogP contribution in [0.5, 0.6) is 11.5 Å². The zero-order valence-electron chi connectivity index (χ0n) is 18.2. The van der Waals surface area contributed by atoms with Crippen molar-refractivity contribution in [2.45, 2.75) is 50.7 Å². The second kappa shape index (κ2) is 8.54. The number of benzene rings is 2. The molecule has 3 saturated heterocycles. The average molecular weight is 421 g/mol. The molecule has 5 nitrogen and oxygen atoms in total. The number of amides is 1. The Morgan fingerprint density at radius 3 is 2.71 bits per heavy atom. The minimum atomic E-state index is 0.269.